The van der Waals surface area contributed by atoms with E-state index in [1.165, 1.54) is 12.1 Å². The molecule has 0 saturated carbocycles. The molecule has 0 radical (unpaired) electrons. The highest BCUT2D eigenvalue weighted by Crippen LogP contribution is 2.17. The third-order valence-electron chi connectivity index (χ3n) is 5.34. The molecule has 5 N–H and O–H groups in total. The van der Waals surface area contributed by atoms with E-state index in [0.717, 1.165) is 6.42 Å². The number of esters is 2. The Labute approximate surface area is 226 Å². The first-order valence-corrected chi connectivity index (χ1v) is 12.7. The average Bonchev–Trinajstić information content (AvgIpc) is 2.88. The van der Waals surface area contributed by atoms with Crippen LogP contribution in [-0.2, 0) is 44.7 Å². The van der Waals surface area contributed by atoms with Gasteiger partial charge in [-0.1, -0.05) is 31.9 Å². The molecule has 0 heterocycles. The molecular formula is C26H37N3O10. The maximum Gasteiger partial charge on any atom is 0.359 e. The third-order valence-corrected chi connectivity index (χ3v) is 5.34. The Kier molecular flexibility index (Phi) is 14.6. The molecule has 13 nitrogen and oxygen atoms in total. The maximum absolute atomic E-state index is 13.0. The summed E-state index contributed by atoms with van der Waals surface area (Å²) in [6.07, 6.45) is -0.676. The van der Waals surface area contributed by atoms with Gasteiger partial charge in [0.1, 0.15) is 17.8 Å². The standard InChI is InChI=1S/C26H37N3O10/c1-4-7-8-18(23(27)33)29-24(34)19(28-20(30)13-14-21(31)32)15-16-9-11-17(12-10-16)39-22(25(35)37-5-2)26(36)38-6-3/h9-12,18-19,22H,4-8,13-15H2,1-3H3,(H2,27,33)(H,28,30)(H,29,34)(H,31,32)/t18-,19-/m0/s1. The SMILES string of the molecule is CCCC[C@H](NC(=O)[C@H](Cc1ccc(OC(C(=O)OCC)C(=O)OCC)cc1)NC(=O)CCC(=O)O)C(N)=O. The summed E-state index contributed by atoms with van der Waals surface area (Å²) >= 11 is 0. The van der Waals surface area contributed by atoms with Gasteiger partial charge in [-0.3, -0.25) is 19.2 Å². The normalized spacial score (nSPS) is 12.1. The van der Waals surface area contributed by atoms with Gasteiger partial charge in [0.25, 0.3) is 6.10 Å². The second-order valence-corrected chi connectivity index (χ2v) is 8.47. The van der Waals surface area contributed by atoms with Crippen LogP contribution < -0.4 is 21.1 Å². The molecule has 0 aliphatic carbocycles. The molecule has 216 valence electrons. The van der Waals surface area contributed by atoms with Crippen molar-refractivity contribution in [1.82, 2.24) is 10.6 Å². The lowest BCUT2D eigenvalue weighted by atomic mass is 10.0. The van der Waals surface area contributed by atoms with Crippen LogP contribution in [0.4, 0.5) is 0 Å². The molecule has 3 amide bonds. The van der Waals surface area contributed by atoms with Gasteiger partial charge < -0.3 is 35.7 Å². The van der Waals surface area contributed by atoms with E-state index < -0.39 is 60.2 Å². The number of carbonyl (C=O) groups excluding carboxylic acids is 5. The maximum atomic E-state index is 13.0. The molecule has 13 heteroatoms. The highest BCUT2D eigenvalue weighted by atomic mass is 16.6. The molecule has 2 atom stereocenters. The number of ether oxygens (including phenoxy) is 3. The van der Waals surface area contributed by atoms with Crippen LogP contribution in [0.25, 0.3) is 0 Å². The minimum absolute atomic E-state index is 0.0244. The number of nitrogens with one attached hydrogen (secondary N) is 2. The van der Waals surface area contributed by atoms with Crippen LogP contribution in [0.2, 0.25) is 0 Å². The third kappa shape index (κ3) is 12.3. The van der Waals surface area contributed by atoms with Gasteiger partial charge in [0.15, 0.2) is 0 Å². The fourth-order valence-electron chi connectivity index (χ4n) is 3.37. The van der Waals surface area contributed by atoms with Crippen molar-refractivity contribution in [3.8, 4) is 5.75 Å². The van der Waals surface area contributed by atoms with Crippen molar-refractivity contribution in [2.75, 3.05) is 13.2 Å². The van der Waals surface area contributed by atoms with E-state index in [-0.39, 0.29) is 31.8 Å². The summed E-state index contributed by atoms with van der Waals surface area (Å²) in [5.41, 5.74) is 5.96. The lowest BCUT2D eigenvalue weighted by molar-refractivity contribution is -0.166. The van der Waals surface area contributed by atoms with Crippen LogP contribution in [0.1, 0.15) is 58.4 Å². The monoisotopic (exact) mass is 551 g/mol. The molecule has 0 unspecified atom stereocenters. The lowest BCUT2D eigenvalue weighted by Gasteiger charge is -2.22. The van der Waals surface area contributed by atoms with E-state index in [0.29, 0.717) is 18.4 Å². The largest absolute Gasteiger partial charge is 0.481 e. The predicted octanol–water partition coefficient (Wildman–Crippen LogP) is 0.613. The van der Waals surface area contributed by atoms with E-state index in [9.17, 15) is 28.8 Å². The molecule has 0 aromatic heterocycles. The van der Waals surface area contributed by atoms with Crippen molar-refractivity contribution in [1.29, 1.82) is 0 Å². The van der Waals surface area contributed by atoms with Gasteiger partial charge in [0, 0.05) is 12.8 Å². The number of amides is 3. The molecule has 1 rings (SSSR count). The highest BCUT2D eigenvalue weighted by molar-refractivity contribution is 5.98. The van der Waals surface area contributed by atoms with Gasteiger partial charge in [-0.05, 0) is 38.0 Å². The van der Waals surface area contributed by atoms with E-state index in [1.807, 2.05) is 6.92 Å². The first-order valence-electron chi connectivity index (χ1n) is 12.7. The van der Waals surface area contributed by atoms with E-state index >= 15 is 0 Å². The fourth-order valence-corrected chi connectivity index (χ4v) is 3.37. The molecule has 0 saturated heterocycles. The minimum Gasteiger partial charge on any atom is -0.481 e. The quantitative estimate of drug-likeness (QED) is 0.148. The number of hydrogen-bond donors (Lipinski definition) is 4. The molecule has 1 aromatic rings. The number of benzene rings is 1. The second-order valence-electron chi connectivity index (χ2n) is 8.47. The zero-order valence-electron chi connectivity index (χ0n) is 22.4. The number of nitrogens with two attached hydrogens (primary N) is 1. The molecule has 0 spiro atoms. The topological polar surface area (TPSA) is 200 Å². The van der Waals surface area contributed by atoms with Gasteiger partial charge in [-0.15, -0.1) is 0 Å². The highest BCUT2D eigenvalue weighted by Gasteiger charge is 2.32. The summed E-state index contributed by atoms with van der Waals surface area (Å²) in [6.45, 7) is 5.15. The first kappa shape index (κ1) is 32.9. The Bertz CT molecular complexity index is 978. The van der Waals surface area contributed by atoms with Crippen LogP contribution in [0, 0.1) is 0 Å². The fraction of sp³-hybridized carbons (Fsp3) is 0.538. The molecule has 39 heavy (non-hydrogen) atoms. The zero-order valence-corrected chi connectivity index (χ0v) is 22.4. The van der Waals surface area contributed by atoms with Crippen molar-refractivity contribution >= 4 is 35.6 Å². The molecule has 0 bridgehead atoms. The average molecular weight is 552 g/mol. The second kappa shape index (κ2) is 17.4. The summed E-state index contributed by atoms with van der Waals surface area (Å²) < 4.78 is 15.2. The molecular weight excluding hydrogens is 514 g/mol. The van der Waals surface area contributed by atoms with Crippen molar-refractivity contribution < 1.29 is 48.1 Å². The van der Waals surface area contributed by atoms with Crippen LogP contribution >= 0.6 is 0 Å². The lowest BCUT2D eigenvalue weighted by Crippen LogP contribution is -2.53. The summed E-state index contributed by atoms with van der Waals surface area (Å²) in [6, 6.07) is 3.93. The summed E-state index contributed by atoms with van der Waals surface area (Å²) in [7, 11) is 0. The molecule has 0 aliphatic heterocycles. The number of unbranched alkanes of at least 4 members (excludes halogenated alkanes) is 1. The number of carboxylic acids is 1. The van der Waals surface area contributed by atoms with E-state index in [4.69, 9.17) is 25.1 Å². The number of rotatable bonds is 18. The minimum atomic E-state index is -1.63. The smallest absolute Gasteiger partial charge is 0.359 e. The number of carbonyl (C=O) groups is 6. The van der Waals surface area contributed by atoms with Crippen molar-refractivity contribution in [2.45, 2.75) is 77.5 Å². The number of aliphatic carboxylic acids is 1. The summed E-state index contributed by atoms with van der Waals surface area (Å²) in [4.78, 5) is 72.2. The van der Waals surface area contributed by atoms with Gasteiger partial charge in [0.2, 0.25) is 17.7 Å². The van der Waals surface area contributed by atoms with Crippen molar-refractivity contribution in [3.05, 3.63) is 29.8 Å². The van der Waals surface area contributed by atoms with Crippen LogP contribution in [0.15, 0.2) is 24.3 Å². The predicted molar refractivity (Wildman–Crippen MR) is 137 cm³/mol. The Morgan fingerprint density at radius 3 is 1.95 bits per heavy atom. The Hall–Kier alpha value is -4.16. The first-order chi connectivity index (χ1) is 18.5. The van der Waals surface area contributed by atoms with Gasteiger partial charge in [0.05, 0.1) is 19.6 Å². The van der Waals surface area contributed by atoms with Crippen molar-refractivity contribution in [3.63, 3.8) is 0 Å². The van der Waals surface area contributed by atoms with Gasteiger partial charge in [-0.2, -0.15) is 0 Å². The summed E-state index contributed by atoms with van der Waals surface area (Å²) in [5, 5.41) is 13.9. The number of hydrogen-bond acceptors (Lipinski definition) is 9. The Morgan fingerprint density at radius 2 is 1.46 bits per heavy atom. The van der Waals surface area contributed by atoms with Crippen LogP contribution in [0.5, 0.6) is 5.75 Å². The molecule has 0 aliphatic rings. The van der Waals surface area contributed by atoms with Gasteiger partial charge >= 0.3 is 17.9 Å². The Morgan fingerprint density at radius 1 is 0.872 bits per heavy atom. The number of primary amides is 1. The summed E-state index contributed by atoms with van der Waals surface area (Å²) in [5.74, 6) is -4.88. The van der Waals surface area contributed by atoms with E-state index in [1.54, 1.807) is 26.0 Å². The zero-order chi connectivity index (χ0) is 29.4. The molecule has 0 fully saturated rings. The van der Waals surface area contributed by atoms with Crippen LogP contribution in [-0.4, -0.2) is 72.1 Å². The van der Waals surface area contributed by atoms with Crippen molar-refractivity contribution in [2.24, 2.45) is 5.73 Å². The van der Waals surface area contributed by atoms with E-state index in [2.05, 4.69) is 10.6 Å². The number of carboxylic acid groups (broad SMARTS) is 1. The van der Waals surface area contributed by atoms with Crippen LogP contribution in [0.3, 0.4) is 0 Å². The Balaban J connectivity index is 3.07. The van der Waals surface area contributed by atoms with Gasteiger partial charge in [-0.25, -0.2) is 9.59 Å². The molecule has 1 aromatic carbocycles.